The average Bonchev–Trinajstić information content (AvgIpc) is 3.04. The Morgan fingerprint density at radius 1 is 1.08 bits per heavy atom. The van der Waals surface area contributed by atoms with Gasteiger partial charge in [-0.1, -0.05) is 20.8 Å². The maximum atomic E-state index is 15.3. The van der Waals surface area contributed by atoms with E-state index in [1.807, 2.05) is 27.7 Å². The lowest BCUT2D eigenvalue weighted by Crippen LogP contribution is -2.54. The molecule has 1 N–H and O–H groups in total. The molecule has 0 spiro atoms. The number of unbranched alkanes of at least 4 members (excludes halogenated alkanes) is 1. The number of nitriles is 1. The van der Waals surface area contributed by atoms with E-state index < -0.39 is 34.3 Å². The van der Waals surface area contributed by atoms with E-state index in [0.29, 0.717) is 32.3 Å². The molecule has 16 heteroatoms. The molecule has 50 heavy (non-hydrogen) atoms. The minimum Gasteiger partial charge on any atom is -0.494 e. The molecule has 0 saturated carbocycles. The quantitative estimate of drug-likeness (QED) is 0.0884. The number of hydrogen-bond acceptors (Lipinski definition) is 9. The number of halogens is 4. The highest BCUT2D eigenvalue weighted by Crippen LogP contribution is 2.39. The summed E-state index contributed by atoms with van der Waals surface area (Å²) in [5.74, 6) is -1.51. The second-order valence-electron chi connectivity index (χ2n) is 12.9. The number of amides is 1. The van der Waals surface area contributed by atoms with Gasteiger partial charge in [-0.3, -0.25) is 4.79 Å². The molecule has 11 nitrogen and oxygen atoms in total. The SMILES string of the molecule is COc1cc(OCCCCOCCOCC(=O)NC(C)C(C)(C)C)ncc1N(C(=S)N(C)c1ccc(C#N)c(C(F)(F)F)c1F)C(C)(C)C=O. The number of aldehydes is 1. The van der Waals surface area contributed by atoms with Gasteiger partial charge in [0.2, 0.25) is 11.8 Å². The van der Waals surface area contributed by atoms with Crippen LogP contribution < -0.4 is 24.6 Å². The summed E-state index contributed by atoms with van der Waals surface area (Å²) in [7, 11) is 2.60. The van der Waals surface area contributed by atoms with E-state index in [1.165, 1.54) is 51.2 Å². The lowest BCUT2D eigenvalue weighted by atomic mass is 9.88. The van der Waals surface area contributed by atoms with E-state index in [4.69, 9.17) is 36.4 Å². The van der Waals surface area contributed by atoms with Crippen LogP contribution in [0, 0.1) is 22.6 Å². The molecule has 0 aliphatic carbocycles. The molecule has 0 saturated heterocycles. The number of anilines is 2. The molecule has 1 unspecified atom stereocenters. The first-order chi connectivity index (χ1) is 23.3. The van der Waals surface area contributed by atoms with Gasteiger partial charge in [-0.15, -0.1) is 0 Å². The van der Waals surface area contributed by atoms with E-state index in [0.717, 1.165) is 17.0 Å². The monoisotopic (exact) mass is 727 g/mol. The van der Waals surface area contributed by atoms with Gasteiger partial charge in [0, 0.05) is 25.8 Å². The smallest absolute Gasteiger partial charge is 0.420 e. The fraction of sp³-hybridized carbons (Fsp3) is 0.559. The van der Waals surface area contributed by atoms with Crippen molar-refractivity contribution in [3.8, 4) is 17.7 Å². The number of nitrogens with zero attached hydrogens (tertiary/aromatic N) is 4. The zero-order valence-corrected chi connectivity index (χ0v) is 30.4. The Bertz CT molecular complexity index is 1530. The minimum absolute atomic E-state index is 0.00954. The number of nitrogens with one attached hydrogen (secondary N) is 1. The third kappa shape index (κ3) is 11.5. The fourth-order valence-electron chi connectivity index (χ4n) is 4.35. The molecule has 1 heterocycles. The van der Waals surface area contributed by atoms with Crippen LogP contribution in [0.15, 0.2) is 24.4 Å². The zero-order valence-electron chi connectivity index (χ0n) is 29.6. The van der Waals surface area contributed by atoms with Crippen molar-refractivity contribution in [3.63, 3.8) is 0 Å². The van der Waals surface area contributed by atoms with Crippen molar-refractivity contribution in [1.82, 2.24) is 10.3 Å². The maximum absolute atomic E-state index is 15.3. The van der Waals surface area contributed by atoms with Gasteiger partial charge in [-0.25, -0.2) is 9.37 Å². The molecule has 2 aromatic rings. The van der Waals surface area contributed by atoms with Crippen molar-refractivity contribution in [2.45, 2.75) is 72.1 Å². The molecule has 1 aromatic carbocycles. The molecule has 0 aliphatic rings. The summed E-state index contributed by atoms with van der Waals surface area (Å²) < 4.78 is 78.5. The molecule has 0 aliphatic heterocycles. The maximum Gasteiger partial charge on any atom is 0.420 e. The zero-order chi connectivity index (χ0) is 37.9. The number of hydrogen-bond donors (Lipinski definition) is 1. The summed E-state index contributed by atoms with van der Waals surface area (Å²) in [4.78, 5) is 30.7. The topological polar surface area (TPSA) is 126 Å². The molecule has 0 bridgehead atoms. The normalized spacial score (nSPS) is 12.5. The van der Waals surface area contributed by atoms with Crippen molar-refractivity contribution in [1.29, 1.82) is 5.26 Å². The van der Waals surface area contributed by atoms with E-state index in [-0.39, 0.29) is 59.6 Å². The van der Waals surface area contributed by atoms with Crippen molar-refractivity contribution < 1.29 is 46.1 Å². The number of carbonyl (C=O) groups is 2. The molecule has 1 amide bonds. The van der Waals surface area contributed by atoms with Crippen LogP contribution in [-0.4, -0.2) is 81.1 Å². The number of rotatable bonds is 17. The number of aromatic nitrogens is 1. The highest BCUT2D eigenvalue weighted by molar-refractivity contribution is 7.80. The average molecular weight is 728 g/mol. The van der Waals surface area contributed by atoms with Crippen LogP contribution in [0.25, 0.3) is 0 Å². The van der Waals surface area contributed by atoms with Crippen LogP contribution >= 0.6 is 12.2 Å². The number of carbonyl (C=O) groups excluding carboxylic acids is 2. The summed E-state index contributed by atoms with van der Waals surface area (Å²) in [6.07, 6.45) is -1.97. The second-order valence-corrected chi connectivity index (χ2v) is 13.3. The van der Waals surface area contributed by atoms with Crippen LogP contribution in [0.4, 0.5) is 28.9 Å². The highest BCUT2D eigenvalue weighted by atomic mass is 32.1. The van der Waals surface area contributed by atoms with Gasteiger partial charge >= 0.3 is 6.18 Å². The Labute approximate surface area is 295 Å². The largest absolute Gasteiger partial charge is 0.494 e. The Morgan fingerprint density at radius 3 is 2.30 bits per heavy atom. The molecular weight excluding hydrogens is 682 g/mol. The van der Waals surface area contributed by atoms with Crippen LogP contribution in [0.5, 0.6) is 11.6 Å². The Balaban J connectivity index is 2.02. The minimum atomic E-state index is -5.15. The summed E-state index contributed by atoms with van der Waals surface area (Å²) in [5.41, 5.74) is -4.46. The molecule has 0 radical (unpaired) electrons. The molecule has 1 atom stereocenters. The van der Waals surface area contributed by atoms with Crippen LogP contribution in [0.2, 0.25) is 0 Å². The molecule has 276 valence electrons. The Morgan fingerprint density at radius 2 is 1.72 bits per heavy atom. The fourth-order valence-corrected chi connectivity index (χ4v) is 4.78. The van der Waals surface area contributed by atoms with Gasteiger partial charge in [0.25, 0.3) is 0 Å². The van der Waals surface area contributed by atoms with Crippen molar-refractivity contribution in [2.75, 3.05) is 57.0 Å². The summed E-state index contributed by atoms with van der Waals surface area (Å²) in [6, 6.07) is 4.68. The molecule has 2 rings (SSSR count). The van der Waals surface area contributed by atoms with E-state index in [2.05, 4.69) is 10.3 Å². The highest BCUT2D eigenvalue weighted by Gasteiger charge is 2.40. The van der Waals surface area contributed by atoms with Crippen LogP contribution in [-0.2, 0) is 25.2 Å². The third-order valence-corrected chi connectivity index (χ3v) is 8.18. The van der Waals surface area contributed by atoms with Gasteiger partial charge in [0.1, 0.15) is 29.9 Å². The van der Waals surface area contributed by atoms with Crippen LogP contribution in [0.3, 0.4) is 0 Å². The van der Waals surface area contributed by atoms with Gasteiger partial charge in [-0.2, -0.15) is 18.4 Å². The number of thiocarbonyl (C=S) groups is 1. The van der Waals surface area contributed by atoms with Crippen molar-refractivity contribution >= 4 is 40.9 Å². The molecule has 1 aromatic heterocycles. The Hall–Kier alpha value is -4.07. The second kappa shape index (κ2) is 18.2. The van der Waals surface area contributed by atoms with E-state index in [9.17, 15) is 22.8 Å². The molecular formula is C34H45F4N5O6S. The standard InChI is InChI=1S/C34H45F4N5O6S/c1-22(32(2,3)4)41-27(45)20-48-16-15-47-13-9-10-14-49-28-17-26(46-8)25(19-40-28)43(33(5,6)21-44)31(50)42(7)24-12-11-23(18-39)29(30(24)35)34(36,37)38/h11-12,17,19,21-22H,9-10,13-16,20H2,1-8H3,(H,41,45). The first-order valence-electron chi connectivity index (χ1n) is 15.8. The number of ether oxygens (including phenoxy) is 4. The summed E-state index contributed by atoms with van der Waals surface area (Å²) >= 11 is 5.58. The first kappa shape index (κ1) is 42.1. The lowest BCUT2D eigenvalue weighted by Gasteiger charge is -2.40. The van der Waals surface area contributed by atoms with Gasteiger partial charge in [-0.05, 0) is 63.4 Å². The van der Waals surface area contributed by atoms with E-state index in [1.54, 1.807) is 0 Å². The summed E-state index contributed by atoms with van der Waals surface area (Å²) in [5, 5.41) is 11.8. The first-order valence-corrected chi connectivity index (χ1v) is 16.2. The lowest BCUT2D eigenvalue weighted by molar-refractivity contribution is -0.140. The summed E-state index contributed by atoms with van der Waals surface area (Å²) in [6.45, 7) is 12.4. The van der Waals surface area contributed by atoms with Gasteiger partial charge in [0.15, 0.2) is 10.9 Å². The van der Waals surface area contributed by atoms with Crippen molar-refractivity contribution in [2.24, 2.45) is 5.41 Å². The van der Waals surface area contributed by atoms with E-state index >= 15 is 4.39 Å². The van der Waals surface area contributed by atoms with Crippen LogP contribution in [0.1, 0.15) is 65.5 Å². The van der Waals surface area contributed by atoms with Gasteiger partial charge in [0.05, 0.1) is 56.0 Å². The predicted octanol–water partition coefficient (Wildman–Crippen LogP) is 6.07. The number of pyridine rings is 1. The third-order valence-electron chi connectivity index (χ3n) is 7.73. The molecule has 0 fully saturated rings. The number of benzene rings is 1. The van der Waals surface area contributed by atoms with Crippen molar-refractivity contribution in [3.05, 3.63) is 41.3 Å². The Kier molecular flexibility index (Phi) is 15.4. The predicted molar refractivity (Wildman–Crippen MR) is 184 cm³/mol. The number of methoxy groups -OCH3 is 1. The number of alkyl halides is 3. The van der Waals surface area contributed by atoms with Gasteiger partial charge < -0.3 is 38.9 Å².